The maximum Gasteiger partial charge on any atom is 0.573 e. The van der Waals surface area contributed by atoms with Crippen molar-refractivity contribution in [3.63, 3.8) is 0 Å². The fourth-order valence-corrected chi connectivity index (χ4v) is 3.30. The summed E-state index contributed by atoms with van der Waals surface area (Å²) in [5.41, 5.74) is 1.11. The van der Waals surface area contributed by atoms with Crippen LogP contribution < -0.4 is 4.74 Å². The molecule has 0 aromatic heterocycles. The van der Waals surface area contributed by atoms with Crippen molar-refractivity contribution >= 4 is 0 Å². The number of halogens is 4. The maximum atomic E-state index is 13.9. The van der Waals surface area contributed by atoms with Crippen molar-refractivity contribution in [2.75, 3.05) is 13.2 Å². The Hall–Kier alpha value is -2.16. The molecule has 158 valence electrons. The van der Waals surface area contributed by atoms with Crippen LogP contribution in [0.3, 0.4) is 0 Å². The molecule has 0 atom stereocenters. The van der Waals surface area contributed by atoms with Crippen molar-refractivity contribution in [2.45, 2.75) is 39.0 Å². The second-order valence-corrected chi connectivity index (χ2v) is 7.49. The molecule has 1 heterocycles. The van der Waals surface area contributed by atoms with E-state index in [1.807, 2.05) is 6.92 Å². The van der Waals surface area contributed by atoms with E-state index in [1.54, 1.807) is 24.3 Å². The minimum atomic E-state index is -4.97. The van der Waals surface area contributed by atoms with E-state index in [4.69, 9.17) is 9.47 Å². The number of hydrogen-bond donors (Lipinski definition) is 1. The standard InChI is InChI=1S/C21H22F4O4/c1-3-10-19(2)12-27-20(26,28-13-19)16-7-4-14(5-8-16)15-6-9-18(17(22)11-15)29-21(23,24)25/h4-9,11,26H,3,10,12-13H2,1-2H3. The largest absolute Gasteiger partial charge is 0.573 e. The van der Waals surface area contributed by atoms with Gasteiger partial charge in [0.1, 0.15) is 0 Å². The van der Waals surface area contributed by atoms with Gasteiger partial charge in [0.25, 0.3) is 0 Å². The van der Waals surface area contributed by atoms with Crippen LogP contribution in [0.5, 0.6) is 5.75 Å². The van der Waals surface area contributed by atoms with Crippen molar-refractivity contribution in [3.05, 3.63) is 53.8 Å². The Labute approximate surface area is 166 Å². The molecule has 1 aliphatic heterocycles. The molecule has 0 bridgehead atoms. The first-order valence-electron chi connectivity index (χ1n) is 9.20. The fraction of sp³-hybridized carbons (Fsp3) is 0.429. The number of aliphatic hydroxyl groups is 1. The van der Waals surface area contributed by atoms with Crippen LogP contribution in [0.2, 0.25) is 0 Å². The Kier molecular flexibility index (Phi) is 5.89. The minimum absolute atomic E-state index is 0.168. The third-order valence-corrected chi connectivity index (χ3v) is 4.83. The summed E-state index contributed by atoms with van der Waals surface area (Å²) >= 11 is 0. The lowest BCUT2D eigenvalue weighted by Crippen LogP contribution is -2.46. The van der Waals surface area contributed by atoms with Gasteiger partial charge in [0, 0.05) is 11.0 Å². The number of rotatable bonds is 5. The van der Waals surface area contributed by atoms with E-state index in [0.717, 1.165) is 25.0 Å². The highest BCUT2D eigenvalue weighted by Gasteiger charge is 2.42. The third-order valence-electron chi connectivity index (χ3n) is 4.83. The van der Waals surface area contributed by atoms with Gasteiger partial charge in [0.2, 0.25) is 0 Å². The smallest absolute Gasteiger partial charge is 0.403 e. The summed E-state index contributed by atoms with van der Waals surface area (Å²) in [5, 5.41) is 10.7. The van der Waals surface area contributed by atoms with Crippen molar-refractivity contribution in [3.8, 4) is 16.9 Å². The monoisotopic (exact) mass is 414 g/mol. The average molecular weight is 414 g/mol. The van der Waals surface area contributed by atoms with E-state index in [1.165, 1.54) is 6.07 Å². The van der Waals surface area contributed by atoms with Crippen LogP contribution in [0, 0.1) is 11.2 Å². The van der Waals surface area contributed by atoms with E-state index < -0.39 is 23.9 Å². The lowest BCUT2D eigenvalue weighted by molar-refractivity contribution is -0.414. The van der Waals surface area contributed by atoms with Gasteiger partial charge in [0.15, 0.2) is 11.6 Å². The van der Waals surface area contributed by atoms with Gasteiger partial charge in [0.05, 0.1) is 13.2 Å². The molecule has 1 fully saturated rings. The van der Waals surface area contributed by atoms with Gasteiger partial charge in [-0.1, -0.05) is 50.6 Å². The molecule has 4 nitrogen and oxygen atoms in total. The molecule has 8 heteroatoms. The highest BCUT2D eigenvalue weighted by molar-refractivity contribution is 5.64. The van der Waals surface area contributed by atoms with E-state index in [9.17, 15) is 22.7 Å². The summed E-state index contributed by atoms with van der Waals surface area (Å²) in [7, 11) is 0. The van der Waals surface area contributed by atoms with Gasteiger partial charge in [-0.05, 0) is 29.7 Å². The highest BCUT2D eigenvalue weighted by atomic mass is 19.4. The van der Waals surface area contributed by atoms with E-state index in [0.29, 0.717) is 29.9 Å². The van der Waals surface area contributed by atoms with Gasteiger partial charge in [-0.25, -0.2) is 4.39 Å². The molecule has 0 saturated carbocycles. The Morgan fingerprint density at radius 3 is 2.14 bits per heavy atom. The normalized spacial score (nSPS) is 25.1. The molecular formula is C21H22F4O4. The molecular weight excluding hydrogens is 392 g/mol. The Morgan fingerprint density at radius 1 is 1.03 bits per heavy atom. The summed E-state index contributed by atoms with van der Waals surface area (Å²) in [6.45, 7) is 4.77. The number of benzene rings is 2. The van der Waals surface area contributed by atoms with Gasteiger partial charge in [-0.3, -0.25) is 0 Å². The lowest BCUT2D eigenvalue weighted by atomic mass is 9.86. The van der Waals surface area contributed by atoms with Crippen LogP contribution in [0.1, 0.15) is 32.3 Å². The van der Waals surface area contributed by atoms with Crippen LogP contribution in [0.15, 0.2) is 42.5 Å². The zero-order valence-electron chi connectivity index (χ0n) is 16.1. The molecule has 0 unspecified atom stereocenters. The summed E-state index contributed by atoms with van der Waals surface area (Å²) in [5.74, 6) is -3.90. The zero-order chi connectivity index (χ0) is 21.3. The van der Waals surface area contributed by atoms with Crippen molar-refractivity contribution in [2.24, 2.45) is 5.41 Å². The van der Waals surface area contributed by atoms with Crippen molar-refractivity contribution < 1.29 is 36.9 Å². The third kappa shape index (κ3) is 5.07. The fourth-order valence-electron chi connectivity index (χ4n) is 3.30. The first kappa shape index (κ1) is 21.5. The van der Waals surface area contributed by atoms with Crippen molar-refractivity contribution in [1.82, 2.24) is 0 Å². The van der Waals surface area contributed by atoms with Crippen LogP contribution >= 0.6 is 0 Å². The molecule has 29 heavy (non-hydrogen) atoms. The Bertz CT molecular complexity index is 841. The Morgan fingerprint density at radius 2 is 1.62 bits per heavy atom. The number of alkyl halides is 3. The molecule has 2 aromatic carbocycles. The lowest BCUT2D eigenvalue weighted by Gasteiger charge is -2.41. The van der Waals surface area contributed by atoms with Gasteiger partial charge < -0.3 is 19.3 Å². The predicted octanol–water partition coefficient (Wildman–Crippen LogP) is 5.35. The van der Waals surface area contributed by atoms with Gasteiger partial charge in [-0.15, -0.1) is 13.2 Å². The summed E-state index contributed by atoms with van der Waals surface area (Å²) < 4.78 is 65.5. The molecule has 1 aliphatic rings. The average Bonchev–Trinajstić information content (AvgIpc) is 2.66. The van der Waals surface area contributed by atoms with E-state index in [-0.39, 0.29) is 5.41 Å². The molecule has 3 rings (SSSR count). The minimum Gasteiger partial charge on any atom is -0.403 e. The molecule has 0 spiro atoms. The predicted molar refractivity (Wildman–Crippen MR) is 97.3 cm³/mol. The molecule has 1 saturated heterocycles. The first-order valence-corrected chi connectivity index (χ1v) is 9.20. The number of ether oxygens (including phenoxy) is 3. The zero-order valence-corrected chi connectivity index (χ0v) is 16.1. The van der Waals surface area contributed by atoms with Crippen molar-refractivity contribution in [1.29, 1.82) is 0 Å². The van der Waals surface area contributed by atoms with E-state index >= 15 is 0 Å². The topological polar surface area (TPSA) is 47.9 Å². The van der Waals surface area contributed by atoms with Gasteiger partial charge in [-0.2, -0.15) is 0 Å². The van der Waals surface area contributed by atoms with Crippen LogP contribution in [0.25, 0.3) is 11.1 Å². The first-order chi connectivity index (χ1) is 13.5. The molecule has 2 aromatic rings. The van der Waals surface area contributed by atoms with E-state index in [2.05, 4.69) is 11.7 Å². The summed E-state index contributed by atoms with van der Waals surface area (Å²) in [6.07, 6.45) is -3.09. The quantitative estimate of drug-likeness (QED) is 0.671. The molecule has 1 N–H and O–H groups in total. The van der Waals surface area contributed by atoms with Crippen LogP contribution in [-0.2, 0) is 15.4 Å². The molecule has 0 amide bonds. The summed E-state index contributed by atoms with van der Waals surface area (Å²) in [4.78, 5) is 0. The second kappa shape index (κ2) is 7.93. The molecule has 0 aliphatic carbocycles. The van der Waals surface area contributed by atoms with Crippen LogP contribution in [0.4, 0.5) is 17.6 Å². The SMILES string of the molecule is CCCC1(C)COC(O)(c2ccc(-c3ccc(OC(F)(F)F)c(F)c3)cc2)OC1. The maximum absolute atomic E-state index is 13.9. The van der Waals surface area contributed by atoms with Gasteiger partial charge >= 0.3 is 12.3 Å². The Balaban J connectivity index is 1.75. The van der Waals surface area contributed by atoms with Crippen LogP contribution in [-0.4, -0.2) is 24.7 Å². The number of hydrogen-bond acceptors (Lipinski definition) is 4. The second-order valence-electron chi connectivity index (χ2n) is 7.49. The molecule has 0 radical (unpaired) electrons. The highest BCUT2D eigenvalue weighted by Crippen LogP contribution is 2.38. The summed E-state index contributed by atoms with van der Waals surface area (Å²) in [6, 6.07) is 9.51.